The number of amides is 1. The Morgan fingerprint density at radius 3 is 2.89 bits per heavy atom. The molecule has 0 aliphatic rings. The lowest BCUT2D eigenvalue weighted by molar-refractivity contribution is 0.0926. The van der Waals surface area contributed by atoms with Crippen molar-refractivity contribution in [1.29, 1.82) is 0 Å². The zero-order valence-corrected chi connectivity index (χ0v) is 10.2. The monoisotopic (exact) mass is 245 g/mol. The number of carbonyl (C=O) groups is 1. The Bertz CT molecular complexity index is 616. The van der Waals surface area contributed by atoms with Crippen LogP contribution < -0.4 is 10.7 Å². The molecular formula is C14H15NO3. The molecule has 1 heterocycles. The summed E-state index contributed by atoms with van der Waals surface area (Å²) in [4.78, 5) is 23.6. The maximum atomic E-state index is 11.8. The van der Waals surface area contributed by atoms with Crippen molar-refractivity contribution in [1.82, 2.24) is 5.32 Å². The highest BCUT2D eigenvalue weighted by Gasteiger charge is 2.11. The van der Waals surface area contributed by atoms with Gasteiger partial charge in [0.15, 0.2) is 11.2 Å². The van der Waals surface area contributed by atoms with Gasteiger partial charge in [0, 0.05) is 12.6 Å². The second kappa shape index (κ2) is 5.49. The SMILES string of the molecule is CCCCNC(=O)c1cc(=O)c2ccccc2o1. The summed E-state index contributed by atoms with van der Waals surface area (Å²) in [6.07, 6.45) is 1.91. The van der Waals surface area contributed by atoms with Gasteiger partial charge in [0.1, 0.15) is 5.58 Å². The van der Waals surface area contributed by atoms with Crippen molar-refractivity contribution in [3.05, 3.63) is 46.3 Å². The highest BCUT2D eigenvalue weighted by atomic mass is 16.3. The summed E-state index contributed by atoms with van der Waals surface area (Å²) in [7, 11) is 0. The van der Waals surface area contributed by atoms with Crippen molar-refractivity contribution in [2.45, 2.75) is 19.8 Å². The van der Waals surface area contributed by atoms with Gasteiger partial charge in [-0.15, -0.1) is 0 Å². The van der Waals surface area contributed by atoms with Gasteiger partial charge in [0.2, 0.25) is 0 Å². The molecule has 1 amide bonds. The van der Waals surface area contributed by atoms with Crippen LogP contribution in [-0.2, 0) is 0 Å². The lowest BCUT2D eigenvalue weighted by Gasteiger charge is -2.04. The zero-order valence-electron chi connectivity index (χ0n) is 10.2. The molecule has 0 bridgehead atoms. The van der Waals surface area contributed by atoms with E-state index in [1.165, 1.54) is 6.07 Å². The van der Waals surface area contributed by atoms with Gasteiger partial charge in [-0.3, -0.25) is 9.59 Å². The minimum Gasteiger partial charge on any atom is -0.451 e. The van der Waals surface area contributed by atoms with Crippen LogP contribution >= 0.6 is 0 Å². The van der Waals surface area contributed by atoms with E-state index in [0.29, 0.717) is 17.5 Å². The Kier molecular flexibility index (Phi) is 3.77. The number of hydrogen-bond donors (Lipinski definition) is 1. The van der Waals surface area contributed by atoms with E-state index in [4.69, 9.17) is 4.42 Å². The van der Waals surface area contributed by atoms with E-state index in [-0.39, 0.29) is 17.1 Å². The fourth-order valence-electron chi connectivity index (χ4n) is 1.68. The van der Waals surface area contributed by atoms with Crippen molar-refractivity contribution < 1.29 is 9.21 Å². The van der Waals surface area contributed by atoms with Gasteiger partial charge in [-0.1, -0.05) is 25.5 Å². The van der Waals surface area contributed by atoms with Crippen LogP contribution in [0.1, 0.15) is 30.3 Å². The summed E-state index contributed by atoms with van der Waals surface area (Å²) in [5.41, 5.74) is 0.239. The zero-order chi connectivity index (χ0) is 13.0. The number of nitrogens with one attached hydrogen (secondary N) is 1. The largest absolute Gasteiger partial charge is 0.451 e. The summed E-state index contributed by atoms with van der Waals surface area (Å²) in [6, 6.07) is 8.13. The van der Waals surface area contributed by atoms with E-state index < -0.39 is 0 Å². The number of benzene rings is 1. The number of unbranched alkanes of at least 4 members (excludes halogenated alkanes) is 1. The van der Waals surface area contributed by atoms with Gasteiger partial charge in [0.25, 0.3) is 5.91 Å². The topological polar surface area (TPSA) is 59.3 Å². The molecule has 1 N–H and O–H groups in total. The second-order valence-electron chi connectivity index (χ2n) is 4.08. The Labute approximate surface area is 105 Å². The van der Waals surface area contributed by atoms with Gasteiger partial charge in [-0.25, -0.2) is 0 Å². The average Bonchev–Trinajstić information content (AvgIpc) is 2.39. The maximum absolute atomic E-state index is 11.8. The Balaban J connectivity index is 2.29. The fraction of sp³-hybridized carbons (Fsp3) is 0.286. The lowest BCUT2D eigenvalue weighted by atomic mass is 10.2. The number of para-hydroxylation sites is 1. The Hall–Kier alpha value is -2.10. The van der Waals surface area contributed by atoms with E-state index in [1.807, 2.05) is 6.92 Å². The number of rotatable bonds is 4. The van der Waals surface area contributed by atoms with Crippen molar-refractivity contribution >= 4 is 16.9 Å². The number of hydrogen-bond acceptors (Lipinski definition) is 3. The predicted molar refractivity (Wildman–Crippen MR) is 69.7 cm³/mol. The Morgan fingerprint density at radius 2 is 2.11 bits per heavy atom. The van der Waals surface area contributed by atoms with Crippen molar-refractivity contribution in [2.24, 2.45) is 0 Å². The third-order valence-electron chi connectivity index (χ3n) is 2.67. The number of fused-ring (bicyclic) bond motifs is 1. The van der Waals surface area contributed by atoms with Crippen LogP contribution in [0.2, 0.25) is 0 Å². The average molecular weight is 245 g/mol. The molecule has 0 radical (unpaired) electrons. The van der Waals surface area contributed by atoms with Crippen LogP contribution in [0.15, 0.2) is 39.5 Å². The minimum absolute atomic E-state index is 0.0646. The van der Waals surface area contributed by atoms with E-state index in [2.05, 4.69) is 5.32 Å². The standard InChI is InChI=1S/C14H15NO3/c1-2-3-8-15-14(17)13-9-11(16)10-6-4-5-7-12(10)18-13/h4-7,9H,2-3,8H2,1H3,(H,15,17). The maximum Gasteiger partial charge on any atom is 0.287 e. The summed E-state index contributed by atoms with van der Waals surface area (Å²) in [5.74, 6) is -0.277. The van der Waals surface area contributed by atoms with Crippen molar-refractivity contribution in [2.75, 3.05) is 6.54 Å². The molecule has 18 heavy (non-hydrogen) atoms. The third kappa shape index (κ3) is 2.59. The molecule has 0 aliphatic carbocycles. The third-order valence-corrected chi connectivity index (χ3v) is 2.67. The second-order valence-corrected chi connectivity index (χ2v) is 4.08. The molecule has 2 aromatic rings. The molecule has 0 atom stereocenters. The molecule has 0 aliphatic heterocycles. The van der Waals surface area contributed by atoms with Crippen LogP contribution in [-0.4, -0.2) is 12.5 Å². The van der Waals surface area contributed by atoms with Crippen molar-refractivity contribution in [3.63, 3.8) is 0 Å². The molecule has 94 valence electrons. The van der Waals surface area contributed by atoms with E-state index in [0.717, 1.165) is 12.8 Å². The molecular weight excluding hydrogens is 230 g/mol. The molecule has 4 heteroatoms. The van der Waals surface area contributed by atoms with Gasteiger partial charge in [-0.2, -0.15) is 0 Å². The first kappa shape index (κ1) is 12.4. The molecule has 0 saturated heterocycles. The molecule has 1 aromatic heterocycles. The first-order valence-electron chi connectivity index (χ1n) is 6.03. The quantitative estimate of drug-likeness (QED) is 0.841. The summed E-state index contributed by atoms with van der Waals surface area (Å²) < 4.78 is 5.42. The highest BCUT2D eigenvalue weighted by molar-refractivity contribution is 5.93. The van der Waals surface area contributed by atoms with Crippen LogP contribution in [0, 0.1) is 0 Å². The van der Waals surface area contributed by atoms with Gasteiger partial charge in [0.05, 0.1) is 5.39 Å². The summed E-state index contributed by atoms with van der Waals surface area (Å²) in [5, 5.41) is 3.21. The fourth-order valence-corrected chi connectivity index (χ4v) is 1.68. The molecule has 2 rings (SSSR count). The molecule has 0 fully saturated rings. The van der Waals surface area contributed by atoms with Crippen LogP contribution in [0.4, 0.5) is 0 Å². The van der Waals surface area contributed by atoms with Crippen molar-refractivity contribution in [3.8, 4) is 0 Å². The van der Waals surface area contributed by atoms with Crippen LogP contribution in [0.5, 0.6) is 0 Å². The molecule has 0 unspecified atom stereocenters. The van der Waals surface area contributed by atoms with E-state index in [1.54, 1.807) is 24.3 Å². The smallest absolute Gasteiger partial charge is 0.287 e. The highest BCUT2D eigenvalue weighted by Crippen LogP contribution is 2.11. The Morgan fingerprint density at radius 1 is 1.33 bits per heavy atom. The molecule has 1 aromatic carbocycles. The normalized spacial score (nSPS) is 10.5. The predicted octanol–water partition coefficient (Wildman–Crippen LogP) is 2.32. The first-order valence-corrected chi connectivity index (χ1v) is 6.03. The summed E-state index contributed by atoms with van der Waals surface area (Å²) in [6.45, 7) is 2.63. The van der Waals surface area contributed by atoms with E-state index in [9.17, 15) is 9.59 Å². The molecule has 4 nitrogen and oxygen atoms in total. The number of carbonyl (C=O) groups excluding carboxylic acids is 1. The van der Waals surface area contributed by atoms with Gasteiger partial charge >= 0.3 is 0 Å². The first-order chi connectivity index (χ1) is 8.72. The van der Waals surface area contributed by atoms with Gasteiger partial charge < -0.3 is 9.73 Å². The van der Waals surface area contributed by atoms with Gasteiger partial charge in [-0.05, 0) is 18.6 Å². The molecule has 0 saturated carbocycles. The van der Waals surface area contributed by atoms with Crippen LogP contribution in [0.25, 0.3) is 11.0 Å². The molecule has 0 spiro atoms. The van der Waals surface area contributed by atoms with E-state index >= 15 is 0 Å². The minimum atomic E-state index is -0.341. The summed E-state index contributed by atoms with van der Waals surface area (Å²) >= 11 is 0. The van der Waals surface area contributed by atoms with Crippen LogP contribution in [0.3, 0.4) is 0 Å². The lowest BCUT2D eigenvalue weighted by Crippen LogP contribution is -2.25.